The molecule has 0 aliphatic heterocycles. The smallest absolute Gasteiger partial charge is 0.258 e. The lowest BCUT2D eigenvalue weighted by molar-refractivity contribution is 0.625. The molecule has 0 aliphatic rings. The van der Waals surface area contributed by atoms with Crippen LogP contribution in [0.4, 0.5) is 0 Å². The van der Waals surface area contributed by atoms with Gasteiger partial charge < -0.3 is 9.55 Å². The predicted molar refractivity (Wildman–Crippen MR) is 110 cm³/mol. The van der Waals surface area contributed by atoms with E-state index >= 15 is 0 Å². The van der Waals surface area contributed by atoms with Crippen molar-refractivity contribution in [3.8, 4) is 11.4 Å². The molecule has 0 saturated carbocycles. The van der Waals surface area contributed by atoms with Crippen molar-refractivity contribution in [3.63, 3.8) is 0 Å². The van der Waals surface area contributed by atoms with E-state index in [9.17, 15) is 4.79 Å². The lowest BCUT2D eigenvalue weighted by Crippen LogP contribution is -2.13. The molecule has 142 valence electrons. The topological polar surface area (TPSA) is 89.4 Å². The van der Waals surface area contributed by atoms with Gasteiger partial charge in [0.2, 0.25) is 0 Å². The summed E-state index contributed by atoms with van der Waals surface area (Å²) >= 11 is 1.54. The van der Waals surface area contributed by atoms with Gasteiger partial charge in [-0.05, 0) is 37.6 Å². The van der Waals surface area contributed by atoms with Crippen LogP contribution in [0.1, 0.15) is 31.3 Å². The van der Waals surface area contributed by atoms with E-state index in [1.165, 1.54) is 11.8 Å². The van der Waals surface area contributed by atoms with Crippen molar-refractivity contribution in [1.29, 1.82) is 0 Å². The highest BCUT2D eigenvalue weighted by atomic mass is 32.2. The molecular weight excluding hydrogens is 372 g/mol. The van der Waals surface area contributed by atoms with Crippen LogP contribution >= 0.6 is 11.8 Å². The molecule has 0 saturated heterocycles. The highest BCUT2D eigenvalue weighted by Crippen LogP contribution is 2.34. The first-order chi connectivity index (χ1) is 13.7. The SMILES string of the molecule is CCCn1c(S[C@@H](C)c2nc3ccccc3c(=O)[nH]2)nnc1-c1ccncc1. The number of rotatable bonds is 6. The van der Waals surface area contributed by atoms with Gasteiger partial charge in [0.05, 0.1) is 16.2 Å². The van der Waals surface area contributed by atoms with Crippen LogP contribution in [0.15, 0.2) is 58.7 Å². The summed E-state index contributed by atoms with van der Waals surface area (Å²) in [6, 6.07) is 11.2. The van der Waals surface area contributed by atoms with Crippen molar-refractivity contribution in [2.24, 2.45) is 0 Å². The minimum atomic E-state index is -0.124. The van der Waals surface area contributed by atoms with Crippen molar-refractivity contribution in [3.05, 3.63) is 65.0 Å². The summed E-state index contributed by atoms with van der Waals surface area (Å²) in [5.74, 6) is 1.45. The normalized spacial score (nSPS) is 12.4. The number of nitrogens with one attached hydrogen (secondary N) is 1. The van der Waals surface area contributed by atoms with Crippen LogP contribution in [0, 0.1) is 0 Å². The molecule has 0 amide bonds. The Morgan fingerprint density at radius 3 is 2.71 bits per heavy atom. The molecule has 0 radical (unpaired) electrons. The van der Waals surface area contributed by atoms with Gasteiger partial charge in [0.15, 0.2) is 11.0 Å². The van der Waals surface area contributed by atoms with Crippen LogP contribution in [-0.4, -0.2) is 29.7 Å². The first-order valence-corrected chi connectivity index (χ1v) is 10.0. The summed E-state index contributed by atoms with van der Waals surface area (Å²) in [5.41, 5.74) is 1.55. The molecular formula is C20H20N6OS. The lowest BCUT2D eigenvalue weighted by Gasteiger charge is -2.13. The summed E-state index contributed by atoms with van der Waals surface area (Å²) in [6.45, 7) is 4.94. The van der Waals surface area contributed by atoms with Gasteiger partial charge in [-0.3, -0.25) is 9.78 Å². The van der Waals surface area contributed by atoms with Crippen LogP contribution in [0.2, 0.25) is 0 Å². The minimum Gasteiger partial charge on any atom is -0.309 e. The largest absolute Gasteiger partial charge is 0.309 e. The maximum Gasteiger partial charge on any atom is 0.258 e. The minimum absolute atomic E-state index is 0.0811. The molecule has 1 atom stereocenters. The zero-order chi connectivity index (χ0) is 19.5. The summed E-state index contributed by atoms with van der Waals surface area (Å²) < 4.78 is 2.11. The van der Waals surface area contributed by atoms with Gasteiger partial charge in [0, 0.05) is 24.5 Å². The first kappa shape index (κ1) is 18.4. The van der Waals surface area contributed by atoms with Crippen molar-refractivity contribution in [2.45, 2.75) is 37.2 Å². The van der Waals surface area contributed by atoms with Gasteiger partial charge in [0.25, 0.3) is 5.56 Å². The molecule has 3 aromatic heterocycles. The number of fused-ring (bicyclic) bond motifs is 1. The van der Waals surface area contributed by atoms with Crippen LogP contribution in [-0.2, 0) is 6.54 Å². The van der Waals surface area contributed by atoms with Gasteiger partial charge in [0.1, 0.15) is 5.82 Å². The fourth-order valence-electron chi connectivity index (χ4n) is 3.03. The summed E-state index contributed by atoms with van der Waals surface area (Å²) in [7, 11) is 0. The number of thioether (sulfide) groups is 1. The second-order valence-electron chi connectivity index (χ2n) is 6.42. The van der Waals surface area contributed by atoms with Crippen molar-refractivity contribution in [2.75, 3.05) is 0 Å². The highest BCUT2D eigenvalue weighted by Gasteiger charge is 2.19. The van der Waals surface area contributed by atoms with E-state index in [1.54, 1.807) is 18.5 Å². The van der Waals surface area contributed by atoms with Crippen LogP contribution in [0.25, 0.3) is 22.3 Å². The number of aromatic amines is 1. The molecule has 7 nitrogen and oxygen atoms in total. The van der Waals surface area contributed by atoms with Gasteiger partial charge in [-0.25, -0.2) is 4.98 Å². The van der Waals surface area contributed by atoms with Gasteiger partial charge in [-0.1, -0.05) is 30.8 Å². The van der Waals surface area contributed by atoms with Gasteiger partial charge in [-0.15, -0.1) is 10.2 Å². The first-order valence-electron chi connectivity index (χ1n) is 9.16. The molecule has 4 rings (SSSR count). The quantitative estimate of drug-likeness (QED) is 0.502. The number of nitrogens with zero attached hydrogens (tertiary/aromatic N) is 5. The Balaban J connectivity index is 1.67. The van der Waals surface area contributed by atoms with E-state index in [-0.39, 0.29) is 10.8 Å². The number of benzene rings is 1. The van der Waals surface area contributed by atoms with E-state index < -0.39 is 0 Å². The molecule has 8 heteroatoms. The number of pyridine rings is 1. The molecule has 0 unspecified atom stereocenters. The molecule has 0 fully saturated rings. The van der Waals surface area contributed by atoms with Crippen LogP contribution < -0.4 is 5.56 Å². The van der Waals surface area contributed by atoms with E-state index in [0.29, 0.717) is 16.7 Å². The predicted octanol–water partition coefficient (Wildman–Crippen LogP) is 3.84. The lowest BCUT2D eigenvalue weighted by atomic mass is 10.2. The maximum atomic E-state index is 12.4. The van der Waals surface area contributed by atoms with Crippen molar-refractivity contribution < 1.29 is 0 Å². The van der Waals surface area contributed by atoms with Crippen molar-refractivity contribution in [1.82, 2.24) is 29.7 Å². The highest BCUT2D eigenvalue weighted by molar-refractivity contribution is 7.99. The number of aromatic nitrogens is 6. The molecule has 1 N–H and O–H groups in total. The molecule has 4 aromatic rings. The second-order valence-corrected chi connectivity index (χ2v) is 7.73. The third-order valence-electron chi connectivity index (χ3n) is 4.40. The number of H-pyrrole nitrogens is 1. The number of hydrogen-bond donors (Lipinski definition) is 1. The Hall–Kier alpha value is -3.00. The summed E-state index contributed by atoms with van der Waals surface area (Å²) in [4.78, 5) is 24.0. The fraction of sp³-hybridized carbons (Fsp3) is 0.250. The molecule has 1 aromatic carbocycles. The zero-order valence-electron chi connectivity index (χ0n) is 15.7. The Bertz CT molecular complexity index is 1150. The van der Waals surface area contributed by atoms with Crippen LogP contribution in [0.3, 0.4) is 0 Å². The molecule has 28 heavy (non-hydrogen) atoms. The van der Waals surface area contributed by atoms with Crippen molar-refractivity contribution >= 4 is 22.7 Å². The average molecular weight is 392 g/mol. The van der Waals surface area contributed by atoms with E-state index in [4.69, 9.17) is 0 Å². The van der Waals surface area contributed by atoms with Crippen LogP contribution in [0.5, 0.6) is 0 Å². The monoisotopic (exact) mass is 392 g/mol. The average Bonchev–Trinajstić information content (AvgIpc) is 3.11. The van der Waals surface area contributed by atoms with E-state index in [2.05, 4.69) is 36.6 Å². The zero-order valence-corrected chi connectivity index (χ0v) is 16.5. The Labute approximate surface area is 166 Å². The molecule has 0 aliphatic carbocycles. The number of hydrogen-bond acceptors (Lipinski definition) is 6. The number of para-hydroxylation sites is 1. The fourth-order valence-corrected chi connectivity index (χ4v) is 3.96. The molecule has 0 spiro atoms. The summed E-state index contributed by atoms with van der Waals surface area (Å²) in [5, 5.41) is 10.1. The van der Waals surface area contributed by atoms with E-state index in [1.807, 2.05) is 37.3 Å². The Morgan fingerprint density at radius 1 is 1.14 bits per heavy atom. The second kappa shape index (κ2) is 7.93. The third-order valence-corrected chi connectivity index (χ3v) is 5.49. The van der Waals surface area contributed by atoms with Gasteiger partial charge >= 0.3 is 0 Å². The molecule has 0 bridgehead atoms. The van der Waals surface area contributed by atoms with Gasteiger partial charge in [-0.2, -0.15) is 0 Å². The maximum absolute atomic E-state index is 12.4. The Morgan fingerprint density at radius 2 is 1.93 bits per heavy atom. The molecule has 3 heterocycles. The third kappa shape index (κ3) is 3.55. The Kier molecular flexibility index (Phi) is 5.21. The van der Waals surface area contributed by atoms with E-state index in [0.717, 1.165) is 29.5 Å². The standard InChI is InChI=1S/C20H20N6OS/c1-3-12-26-18(14-8-10-21-11-9-14)24-25-20(26)28-13(2)17-22-16-7-5-4-6-15(16)19(27)23-17/h4-11,13H,3,12H2,1-2H3,(H,22,23,27)/t13-/m0/s1. The summed E-state index contributed by atoms with van der Waals surface area (Å²) in [6.07, 6.45) is 4.46.